The molecule has 2 rings (SSSR count). The monoisotopic (exact) mass is 349 g/mol. The molecule has 1 heterocycles. The Balaban J connectivity index is 2.00. The third kappa shape index (κ3) is 5.35. The molecule has 1 atom stereocenters. The highest BCUT2D eigenvalue weighted by atomic mass is 32.2. The third-order valence-electron chi connectivity index (χ3n) is 2.91. The first-order valence-electron chi connectivity index (χ1n) is 7.08. The zero-order valence-corrected chi connectivity index (χ0v) is 13.7. The van der Waals surface area contributed by atoms with E-state index >= 15 is 0 Å². The molecule has 0 amide bonds. The van der Waals surface area contributed by atoms with Crippen molar-refractivity contribution in [3.05, 3.63) is 54.1 Å². The average Bonchev–Trinajstić information content (AvgIpc) is 2.60. The fourth-order valence-corrected chi connectivity index (χ4v) is 2.61. The predicted molar refractivity (Wildman–Crippen MR) is 90.4 cm³/mol. The number of rotatable bonds is 8. The Morgan fingerprint density at radius 2 is 2.08 bits per heavy atom. The molecule has 0 radical (unpaired) electrons. The van der Waals surface area contributed by atoms with Gasteiger partial charge in [0.05, 0.1) is 23.7 Å². The molecule has 0 aliphatic carbocycles. The largest absolute Gasteiger partial charge is 0.395 e. The summed E-state index contributed by atoms with van der Waals surface area (Å²) in [7, 11) is -1.38. The van der Waals surface area contributed by atoms with E-state index in [1.54, 1.807) is 36.5 Å². The van der Waals surface area contributed by atoms with Crippen LogP contribution in [0.25, 0.3) is 0 Å². The van der Waals surface area contributed by atoms with E-state index in [4.69, 9.17) is 16.7 Å². The van der Waals surface area contributed by atoms with Crippen molar-refractivity contribution in [2.45, 2.75) is 11.4 Å². The molecule has 0 fully saturated rings. The van der Waals surface area contributed by atoms with Crippen LogP contribution in [0.5, 0.6) is 0 Å². The molecule has 0 aliphatic rings. The average molecular weight is 349 g/mol. The number of aliphatic hydroxyl groups is 1. The Kier molecular flexibility index (Phi) is 6.75. The Labute approximate surface area is 142 Å². The fraction of sp³-hybridized carbons (Fsp3) is 0.214. The zero-order chi connectivity index (χ0) is 17.4. The Hall–Kier alpha value is -2.40. The lowest BCUT2D eigenvalue weighted by molar-refractivity contribution is 0.286. The molecule has 10 heteroatoms. The first kappa shape index (κ1) is 17.9. The number of amidine groups is 1. The van der Waals surface area contributed by atoms with Gasteiger partial charge < -0.3 is 10.8 Å². The van der Waals surface area contributed by atoms with Crippen molar-refractivity contribution in [3.8, 4) is 0 Å². The van der Waals surface area contributed by atoms with Crippen molar-refractivity contribution < 1.29 is 9.32 Å². The molecule has 0 spiro atoms. The summed E-state index contributed by atoms with van der Waals surface area (Å²) in [5, 5.41) is 14.0. The van der Waals surface area contributed by atoms with E-state index in [0.29, 0.717) is 16.2 Å². The number of hydrogen-bond acceptors (Lipinski definition) is 7. The Morgan fingerprint density at radius 3 is 2.71 bits per heavy atom. The van der Waals surface area contributed by atoms with E-state index in [1.165, 1.54) is 11.4 Å². The van der Waals surface area contributed by atoms with Crippen LogP contribution >= 0.6 is 0 Å². The van der Waals surface area contributed by atoms with Crippen molar-refractivity contribution in [1.82, 2.24) is 19.8 Å². The van der Waals surface area contributed by atoms with Gasteiger partial charge in [0.25, 0.3) is 0 Å². The fourth-order valence-electron chi connectivity index (χ4n) is 1.78. The molecule has 9 nitrogen and oxygen atoms in total. The highest BCUT2D eigenvalue weighted by Gasteiger charge is 2.06. The molecular weight excluding hydrogens is 330 g/mol. The normalized spacial score (nSPS) is 12.8. The number of aromatic nitrogens is 2. The molecule has 1 aromatic carbocycles. The van der Waals surface area contributed by atoms with Crippen LogP contribution in [-0.4, -0.2) is 43.4 Å². The van der Waals surface area contributed by atoms with E-state index in [1.807, 2.05) is 0 Å². The van der Waals surface area contributed by atoms with Gasteiger partial charge in [-0.3, -0.25) is 0 Å². The number of benzene rings is 1. The maximum absolute atomic E-state index is 11.9. The maximum atomic E-state index is 11.9. The van der Waals surface area contributed by atoms with Crippen molar-refractivity contribution in [2.24, 2.45) is 16.7 Å². The first-order chi connectivity index (χ1) is 11.6. The molecule has 0 bridgehead atoms. The highest BCUT2D eigenvalue weighted by molar-refractivity contribution is 7.83. The van der Waals surface area contributed by atoms with Gasteiger partial charge >= 0.3 is 0 Å². The van der Waals surface area contributed by atoms with E-state index in [9.17, 15) is 4.21 Å². The number of nitrogens with zero attached hydrogens (tertiary/aromatic N) is 4. The standard InChI is InChI=1S/C14H19N7O2S/c15-14(20-21(16)9-12-5-6-17-10-18-12)11-1-3-13(4-2-11)24(23)19-7-8-22/h1-6,10,19,22H,7-9,16H2,(H2,15,20). The van der Waals surface area contributed by atoms with Gasteiger partial charge in [-0.1, -0.05) is 0 Å². The quantitative estimate of drug-likeness (QED) is 0.209. The van der Waals surface area contributed by atoms with Crippen LogP contribution in [0, 0.1) is 0 Å². The topological polar surface area (TPSA) is 143 Å². The van der Waals surface area contributed by atoms with Crippen LogP contribution in [0.3, 0.4) is 0 Å². The summed E-state index contributed by atoms with van der Waals surface area (Å²) in [4.78, 5) is 8.45. The van der Waals surface area contributed by atoms with E-state index in [-0.39, 0.29) is 25.5 Å². The molecule has 1 aromatic heterocycles. The van der Waals surface area contributed by atoms with Crippen molar-refractivity contribution in [3.63, 3.8) is 0 Å². The minimum Gasteiger partial charge on any atom is -0.395 e. The van der Waals surface area contributed by atoms with Gasteiger partial charge in [0.15, 0.2) is 5.84 Å². The molecule has 2 aromatic rings. The second kappa shape index (κ2) is 9.03. The van der Waals surface area contributed by atoms with Gasteiger partial charge in [-0.05, 0) is 30.3 Å². The van der Waals surface area contributed by atoms with Gasteiger partial charge in [-0.2, -0.15) is 0 Å². The summed E-state index contributed by atoms with van der Waals surface area (Å²) in [5.41, 5.74) is 7.29. The number of hydrazone groups is 1. The lowest BCUT2D eigenvalue weighted by atomic mass is 10.2. The minimum atomic E-state index is -1.38. The van der Waals surface area contributed by atoms with Crippen molar-refractivity contribution in [2.75, 3.05) is 13.2 Å². The summed E-state index contributed by atoms with van der Waals surface area (Å²) in [6.07, 6.45) is 3.05. The minimum absolute atomic E-state index is 0.0813. The van der Waals surface area contributed by atoms with Crippen LogP contribution in [-0.2, 0) is 17.5 Å². The predicted octanol–water partition coefficient (Wildman–Crippen LogP) is -0.923. The zero-order valence-electron chi connectivity index (χ0n) is 12.9. The van der Waals surface area contributed by atoms with Crippen LogP contribution in [0.1, 0.15) is 11.3 Å². The molecule has 128 valence electrons. The van der Waals surface area contributed by atoms with E-state index in [2.05, 4.69) is 19.8 Å². The number of aliphatic hydroxyl groups excluding tert-OH is 1. The Bertz CT molecular complexity index is 694. The molecule has 1 unspecified atom stereocenters. The summed E-state index contributed by atoms with van der Waals surface area (Å²) in [5.74, 6) is 6.03. The smallest absolute Gasteiger partial charge is 0.152 e. The summed E-state index contributed by atoms with van der Waals surface area (Å²) < 4.78 is 14.5. The molecule has 0 aliphatic heterocycles. The maximum Gasteiger partial charge on any atom is 0.152 e. The number of hydrazine groups is 1. The molecule has 0 saturated carbocycles. The highest BCUT2D eigenvalue weighted by Crippen LogP contribution is 2.08. The number of nitrogens with two attached hydrogens (primary N) is 2. The second-order valence-corrected chi connectivity index (χ2v) is 5.99. The van der Waals surface area contributed by atoms with Gasteiger partial charge in [0.2, 0.25) is 0 Å². The van der Waals surface area contributed by atoms with Crippen LogP contribution < -0.4 is 16.3 Å². The number of nitrogens with one attached hydrogen (secondary N) is 1. The summed E-state index contributed by atoms with van der Waals surface area (Å²) >= 11 is 0. The Morgan fingerprint density at radius 1 is 1.33 bits per heavy atom. The lowest BCUT2D eigenvalue weighted by Crippen LogP contribution is -2.29. The van der Waals surface area contributed by atoms with E-state index < -0.39 is 11.0 Å². The van der Waals surface area contributed by atoms with Gasteiger partial charge in [0, 0.05) is 18.3 Å². The third-order valence-corrected chi connectivity index (χ3v) is 4.08. The first-order valence-corrected chi connectivity index (χ1v) is 8.23. The molecule has 6 N–H and O–H groups in total. The van der Waals surface area contributed by atoms with E-state index in [0.717, 1.165) is 0 Å². The van der Waals surface area contributed by atoms with Gasteiger partial charge in [-0.15, -0.1) is 5.10 Å². The van der Waals surface area contributed by atoms with Gasteiger partial charge in [-0.25, -0.2) is 29.9 Å². The van der Waals surface area contributed by atoms with Crippen molar-refractivity contribution in [1.29, 1.82) is 0 Å². The van der Waals surface area contributed by atoms with Crippen LogP contribution in [0.15, 0.2) is 52.9 Å². The SMILES string of the molecule is N/C(=N\N(N)Cc1ccncn1)c1ccc(S(=O)NCCO)cc1. The molecule has 24 heavy (non-hydrogen) atoms. The van der Waals surface area contributed by atoms with Crippen molar-refractivity contribution >= 4 is 16.8 Å². The lowest BCUT2D eigenvalue weighted by Gasteiger charge is -2.13. The molecular formula is C14H19N7O2S. The van der Waals surface area contributed by atoms with Crippen LogP contribution in [0.4, 0.5) is 0 Å². The van der Waals surface area contributed by atoms with Gasteiger partial charge in [0.1, 0.15) is 17.3 Å². The second-order valence-electron chi connectivity index (χ2n) is 4.69. The molecule has 0 saturated heterocycles. The number of hydrogen-bond donors (Lipinski definition) is 4. The van der Waals surface area contributed by atoms with Crippen LogP contribution in [0.2, 0.25) is 0 Å². The summed E-state index contributed by atoms with van der Waals surface area (Å²) in [6.45, 7) is 0.460. The summed E-state index contributed by atoms with van der Waals surface area (Å²) in [6, 6.07) is 8.47.